The lowest BCUT2D eigenvalue weighted by molar-refractivity contribution is -0.140. The number of anilines is 1. The van der Waals surface area contributed by atoms with Crippen molar-refractivity contribution in [2.45, 2.75) is 64.1 Å². The first-order valence-electron chi connectivity index (χ1n) is 12.7. The Hall–Kier alpha value is -2.98. The number of carbonyl (C=O) groups is 2. The fraction of sp³-hybridized carbons (Fsp3) is 0.481. The van der Waals surface area contributed by atoms with E-state index in [1.54, 1.807) is 0 Å². The zero-order valence-electron chi connectivity index (χ0n) is 21.8. The van der Waals surface area contributed by atoms with Gasteiger partial charge in [-0.15, -0.1) is 0 Å². The third-order valence-electron chi connectivity index (χ3n) is 6.67. The van der Waals surface area contributed by atoms with Gasteiger partial charge in [0, 0.05) is 26.7 Å². The highest BCUT2D eigenvalue weighted by molar-refractivity contribution is 7.90. The Kier molecular flexibility index (Phi) is 10.0. The second-order valence-corrected chi connectivity index (χ2v) is 11.6. The molecule has 0 radical (unpaired) electrons. The number of nitrogens with one attached hydrogen (secondary N) is 1. The SMILES string of the molecule is CCC(C(=O)NC1CCCCC1)N(Cc1ccccc1)C(=O)CN(c1ccccc1F)S(=O)(=O)N(C)C. The van der Waals surface area contributed by atoms with Crippen LogP contribution in [0.4, 0.5) is 10.1 Å². The largest absolute Gasteiger partial charge is 0.352 e. The van der Waals surface area contributed by atoms with Gasteiger partial charge in [-0.05, 0) is 37.0 Å². The van der Waals surface area contributed by atoms with Crippen LogP contribution < -0.4 is 9.62 Å². The number of amides is 2. The van der Waals surface area contributed by atoms with Crippen LogP contribution in [0, 0.1) is 5.82 Å². The quantitative estimate of drug-likeness (QED) is 0.478. The van der Waals surface area contributed by atoms with Crippen molar-refractivity contribution >= 4 is 27.7 Å². The highest BCUT2D eigenvalue weighted by atomic mass is 32.2. The number of hydrogen-bond donors (Lipinski definition) is 1. The summed E-state index contributed by atoms with van der Waals surface area (Å²) in [5.74, 6) is -1.62. The van der Waals surface area contributed by atoms with Crippen LogP contribution in [0.15, 0.2) is 54.6 Å². The van der Waals surface area contributed by atoms with Crippen LogP contribution in [0.2, 0.25) is 0 Å². The third-order valence-corrected chi connectivity index (χ3v) is 8.48. The molecule has 8 nitrogen and oxygen atoms in total. The molecule has 1 N–H and O–H groups in total. The number of rotatable bonds is 11. The van der Waals surface area contributed by atoms with Crippen molar-refractivity contribution in [2.75, 3.05) is 24.9 Å². The van der Waals surface area contributed by atoms with Crippen molar-refractivity contribution in [3.63, 3.8) is 0 Å². The first kappa shape index (κ1) is 28.6. The highest BCUT2D eigenvalue weighted by Gasteiger charge is 2.35. The smallest absolute Gasteiger partial charge is 0.304 e. The van der Waals surface area contributed by atoms with E-state index in [0.717, 1.165) is 52.3 Å². The van der Waals surface area contributed by atoms with Crippen LogP contribution in [-0.2, 0) is 26.3 Å². The van der Waals surface area contributed by atoms with E-state index in [4.69, 9.17) is 0 Å². The molecule has 0 heterocycles. The third kappa shape index (κ3) is 7.29. The monoisotopic (exact) mass is 532 g/mol. The number of nitrogens with zero attached hydrogens (tertiary/aromatic N) is 3. The molecule has 1 aliphatic carbocycles. The van der Waals surface area contributed by atoms with Gasteiger partial charge in [-0.25, -0.2) is 8.70 Å². The summed E-state index contributed by atoms with van der Waals surface area (Å²) in [6.07, 6.45) is 5.39. The van der Waals surface area contributed by atoms with Gasteiger partial charge in [0.15, 0.2) is 0 Å². The summed E-state index contributed by atoms with van der Waals surface area (Å²) in [6.45, 7) is 1.28. The molecule has 2 amide bonds. The molecule has 0 saturated heterocycles. The van der Waals surface area contributed by atoms with Crippen LogP contribution in [0.3, 0.4) is 0 Å². The van der Waals surface area contributed by atoms with E-state index in [2.05, 4.69) is 5.32 Å². The summed E-state index contributed by atoms with van der Waals surface area (Å²) in [5.41, 5.74) is 0.566. The van der Waals surface area contributed by atoms with Crippen LogP contribution in [0.5, 0.6) is 0 Å². The van der Waals surface area contributed by atoms with Crippen LogP contribution >= 0.6 is 0 Å². The minimum absolute atomic E-state index is 0.0630. The molecular formula is C27H37FN4O4S. The van der Waals surface area contributed by atoms with Gasteiger partial charge in [-0.1, -0.05) is 68.7 Å². The van der Waals surface area contributed by atoms with Gasteiger partial charge in [-0.2, -0.15) is 12.7 Å². The van der Waals surface area contributed by atoms with Crippen molar-refractivity contribution in [1.82, 2.24) is 14.5 Å². The first-order valence-corrected chi connectivity index (χ1v) is 14.1. The Bertz CT molecular complexity index is 1150. The Labute approximate surface area is 219 Å². The van der Waals surface area contributed by atoms with E-state index in [1.165, 1.54) is 37.2 Å². The predicted octanol–water partition coefficient (Wildman–Crippen LogP) is 3.69. The molecule has 0 spiro atoms. The zero-order valence-corrected chi connectivity index (χ0v) is 22.6. The average Bonchev–Trinajstić information content (AvgIpc) is 2.88. The van der Waals surface area contributed by atoms with Crippen molar-refractivity contribution in [3.8, 4) is 0 Å². The topological polar surface area (TPSA) is 90.0 Å². The average molecular weight is 533 g/mol. The van der Waals surface area contributed by atoms with Crippen molar-refractivity contribution < 1.29 is 22.4 Å². The van der Waals surface area contributed by atoms with Crippen LogP contribution in [0.1, 0.15) is 51.0 Å². The fourth-order valence-corrected chi connectivity index (χ4v) is 5.66. The number of carbonyl (C=O) groups excluding carboxylic acids is 2. The number of para-hydroxylation sites is 1. The summed E-state index contributed by atoms with van der Waals surface area (Å²) < 4.78 is 42.8. The molecule has 37 heavy (non-hydrogen) atoms. The second-order valence-electron chi connectivity index (χ2n) is 9.52. The van der Waals surface area contributed by atoms with Gasteiger partial charge < -0.3 is 10.2 Å². The van der Waals surface area contributed by atoms with Crippen LogP contribution in [-0.4, -0.2) is 62.2 Å². The van der Waals surface area contributed by atoms with E-state index in [-0.39, 0.29) is 24.2 Å². The lowest BCUT2D eigenvalue weighted by Crippen LogP contribution is -2.54. The van der Waals surface area contributed by atoms with Gasteiger partial charge in [0.1, 0.15) is 18.4 Å². The summed E-state index contributed by atoms with van der Waals surface area (Å²) in [7, 11) is -1.57. The predicted molar refractivity (Wildman–Crippen MR) is 142 cm³/mol. The summed E-state index contributed by atoms with van der Waals surface area (Å²) >= 11 is 0. The molecule has 10 heteroatoms. The Morgan fingerprint density at radius 3 is 2.22 bits per heavy atom. The molecule has 2 aromatic rings. The molecule has 1 unspecified atom stereocenters. The van der Waals surface area contributed by atoms with Gasteiger partial charge in [0.2, 0.25) is 11.8 Å². The molecular weight excluding hydrogens is 495 g/mol. The van der Waals surface area contributed by atoms with Crippen LogP contribution in [0.25, 0.3) is 0 Å². The Morgan fingerprint density at radius 1 is 1.00 bits per heavy atom. The van der Waals surface area contributed by atoms with E-state index < -0.39 is 34.5 Å². The second kappa shape index (κ2) is 13.0. The molecule has 0 aromatic heterocycles. The van der Waals surface area contributed by atoms with E-state index >= 15 is 0 Å². The zero-order chi connectivity index (χ0) is 27.0. The molecule has 0 bridgehead atoms. The van der Waals surface area contributed by atoms with E-state index in [9.17, 15) is 22.4 Å². The molecule has 0 aliphatic heterocycles. The summed E-state index contributed by atoms with van der Waals surface area (Å²) in [5, 5.41) is 3.10. The molecule has 1 aliphatic rings. The van der Waals surface area contributed by atoms with Gasteiger partial charge in [-0.3, -0.25) is 9.59 Å². The Balaban J connectivity index is 1.95. The van der Waals surface area contributed by atoms with Gasteiger partial charge >= 0.3 is 10.2 Å². The molecule has 202 valence electrons. The molecule has 3 rings (SSSR count). The highest BCUT2D eigenvalue weighted by Crippen LogP contribution is 2.24. The number of benzene rings is 2. The molecule has 1 atom stereocenters. The van der Waals surface area contributed by atoms with E-state index in [1.807, 2.05) is 37.3 Å². The van der Waals surface area contributed by atoms with Crippen molar-refractivity contribution in [1.29, 1.82) is 0 Å². The lowest BCUT2D eigenvalue weighted by atomic mass is 9.95. The first-order chi connectivity index (χ1) is 17.6. The molecule has 1 fully saturated rings. The summed E-state index contributed by atoms with van der Waals surface area (Å²) in [4.78, 5) is 28.6. The maximum atomic E-state index is 14.7. The maximum Gasteiger partial charge on any atom is 0.304 e. The minimum Gasteiger partial charge on any atom is -0.352 e. The number of halogens is 1. The standard InChI is InChI=1S/C27H37FN4O4S/c1-4-24(27(34)29-22-15-9-6-10-16-22)31(19-21-13-7-5-8-14-21)26(33)20-32(37(35,36)30(2)3)25-18-12-11-17-23(25)28/h5,7-8,11-14,17-18,22,24H,4,6,9-10,15-16,19-20H2,1-3H3,(H,29,34). The molecule has 2 aromatic carbocycles. The Morgan fingerprint density at radius 2 is 1.62 bits per heavy atom. The van der Waals surface area contributed by atoms with Gasteiger partial charge in [0.05, 0.1) is 5.69 Å². The number of hydrogen-bond acceptors (Lipinski definition) is 4. The maximum absolute atomic E-state index is 14.7. The fourth-order valence-electron chi connectivity index (χ4n) is 4.60. The minimum atomic E-state index is -4.21. The summed E-state index contributed by atoms with van der Waals surface area (Å²) in [6, 6.07) is 13.9. The van der Waals surface area contributed by atoms with Gasteiger partial charge in [0.25, 0.3) is 0 Å². The lowest BCUT2D eigenvalue weighted by Gasteiger charge is -2.35. The normalized spacial score (nSPS) is 15.3. The molecule has 1 saturated carbocycles. The van der Waals surface area contributed by atoms with E-state index in [0.29, 0.717) is 6.42 Å². The van der Waals surface area contributed by atoms with Crippen molar-refractivity contribution in [2.24, 2.45) is 0 Å². The van der Waals surface area contributed by atoms with Crippen molar-refractivity contribution in [3.05, 3.63) is 66.0 Å².